The Balaban J connectivity index is 2.21. The van der Waals surface area contributed by atoms with Crippen LogP contribution in [-0.4, -0.2) is 52.8 Å². The Bertz CT molecular complexity index is 581. The van der Waals surface area contributed by atoms with E-state index in [9.17, 15) is 18.3 Å². The summed E-state index contributed by atoms with van der Waals surface area (Å²) in [6, 6.07) is 0.243. The molecule has 2 rings (SSSR count). The summed E-state index contributed by atoms with van der Waals surface area (Å²) in [5, 5.41) is 22.0. The molecule has 1 aliphatic heterocycles. The van der Waals surface area contributed by atoms with Crippen molar-refractivity contribution in [3.8, 4) is 0 Å². The van der Waals surface area contributed by atoms with Crippen LogP contribution < -0.4 is 0 Å². The van der Waals surface area contributed by atoms with Gasteiger partial charge in [0, 0.05) is 19.0 Å². The van der Waals surface area contributed by atoms with Crippen molar-refractivity contribution in [3.05, 3.63) is 17.5 Å². The third-order valence-electron chi connectivity index (χ3n) is 2.88. The van der Waals surface area contributed by atoms with Gasteiger partial charge in [0.1, 0.15) is 23.2 Å². The lowest BCUT2D eigenvalue weighted by molar-refractivity contribution is -0.140. The zero-order valence-corrected chi connectivity index (χ0v) is 11.0. The van der Waals surface area contributed by atoms with Crippen molar-refractivity contribution >= 4 is 16.0 Å². The van der Waals surface area contributed by atoms with Gasteiger partial charge in [-0.05, 0) is 6.92 Å². The van der Waals surface area contributed by atoms with E-state index in [1.165, 1.54) is 6.07 Å². The van der Waals surface area contributed by atoms with Gasteiger partial charge in [-0.1, -0.05) is 5.16 Å². The van der Waals surface area contributed by atoms with Crippen LogP contribution in [0.3, 0.4) is 0 Å². The first-order valence-electron chi connectivity index (χ1n) is 5.62. The van der Waals surface area contributed by atoms with E-state index < -0.39 is 33.9 Å². The predicted octanol–water partition coefficient (Wildman–Crippen LogP) is -0.667. The van der Waals surface area contributed by atoms with Crippen molar-refractivity contribution < 1.29 is 27.9 Å². The molecule has 0 amide bonds. The van der Waals surface area contributed by atoms with Crippen molar-refractivity contribution in [2.24, 2.45) is 0 Å². The van der Waals surface area contributed by atoms with Crippen molar-refractivity contribution in [1.29, 1.82) is 0 Å². The number of aliphatic carboxylic acids is 1. The lowest BCUT2D eigenvalue weighted by Crippen LogP contribution is -2.41. The molecule has 2 heterocycles. The summed E-state index contributed by atoms with van der Waals surface area (Å²) in [6.07, 6.45) is -1.07. The van der Waals surface area contributed by atoms with E-state index >= 15 is 0 Å². The number of rotatable bonds is 4. The summed E-state index contributed by atoms with van der Waals surface area (Å²) < 4.78 is 29.9. The number of aliphatic hydroxyl groups excluding tert-OH is 1. The topological polar surface area (TPSA) is 121 Å². The second-order valence-electron chi connectivity index (χ2n) is 4.50. The Morgan fingerprint density at radius 2 is 2.32 bits per heavy atom. The summed E-state index contributed by atoms with van der Waals surface area (Å²) >= 11 is 0. The minimum Gasteiger partial charge on any atom is -0.480 e. The van der Waals surface area contributed by atoms with Crippen LogP contribution in [0.5, 0.6) is 0 Å². The minimum atomic E-state index is -3.86. The van der Waals surface area contributed by atoms with Crippen molar-refractivity contribution in [2.45, 2.75) is 31.2 Å². The molecule has 1 aromatic heterocycles. The van der Waals surface area contributed by atoms with E-state index in [0.29, 0.717) is 5.76 Å². The number of hydrogen-bond acceptors (Lipinski definition) is 6. The average molecular weight is 290 g/mol. The van der Waals surface area contributed by atoms with E-state index in [1.54, 1.807) is 6.92 Å². The second-order valence-corrected chi connectivity index (χ2v) is 6.42. The van der Waals surface area contributed by atoms with Gasteiger partial charge in [-0.3, -0.25) is 4.79 Å². The van der Waals surface area contributed by atoms with Gasteiger partial charge in [-0.25, -0.2) is 8.42 Å². The number of aromatic nitrogens is 1. The summed E-state index contributed by atoms with van der Waals surface area (Å²) in [6.45, 7) is 1.42. The molecule has 0 saturated carbocycles. The Morgan fingerprint density at radius 1 is 1.63 bits per heavy atom. The van der Waals surface area contributed by atoms with Crippen LogP contribution in [-0.2, 0) is 20.6 Å². The highest BCUT2D eigenvalue weighted by atomic mass is 32.2. The summed E-state index contributed by atoms with van der Waals surface area (Å²) in [5.41, 5.74) is 0.211. The highest BCUT2D eigenvalue weighted by molar-refractivity contribution is 7.88. The number of β-amino-alcohol motifs (C(OH)–C–C–N with tert-alkyl or cyclic N) is 1. The van der Waals surface area contributed by atoms with Gasteiger partial charge >= 0.3 is 5.97 Å². The van der Waals surface area contributed by atoms with E-state index in [-0.39, 0.29) is 18.7 Å². The highest BCUT2D eigenvalue weighted by Gasteiger charge is 2.43. The third-order valence-corrected chi connectivity index (χ3v) is 4.66. The van der Waals surface area contributed by atoms with Crippen LogP contribution in [0.1, 0.15) is 17.9 Å². The lowest BCUT2D eigenvalue weighted by atomic mass is 10.2. The molecule has 1 aromatic rings. The SMILES string of the molecule is Cc1cc(CS(=O)(=O)N2CC(O)C[C@@H]2C(=O)O)no1. The van der Waals surface area contributed by atoms with Crippen LogP contribution in [0, 0.1) is 6.92 Å². The number of aryl methyl sites for hydroxylation is 1. The molecular weight excluding hydrogens is 276 g/mol. The summed E-state index contributed by atoms with van der Waals surface area (Å²) in [4.78, 5) is 11.0. The van der Waals surface area contributed by atoms with Crippen molar-refractivity contribution in [3.63, 3.8) is 0 Å². The molecule has 8 nitrogen and oxygen atoms in total. The fraction of sp³-hybridized carbons (Fsp3) is 0.600. The maximum Gasteiger partial charge on any atom is 0.322 e. The minimum absolute atomic E-state index is 0.105. The molecule has 0 radical (unpaired) electrons. The number of carbonyl (C=O) groups is 1. The maximum absolute atomic E-state index is 12.1. The van der Waals surface area contributed by atoms with E-state index in [1.807, 2.05) is 0 Å². The second kappa shape index (κ2) is 4.91. The zero-order valence-electron chi connectivity index (χ0n) is 10.2. The molecule has 1 saturated heterocycles. The monoisotopic (exact) mass is 290 g/mol. The zero-order chi connectivity index (χ0) is 14.2. The molecule has 0 aromatic carbocycles. The Morgan fingerprint density at radius 3 is 2.84 bits per heavy atom. The van der Waals surface area contributed by atoms with Gasteiger partial charge in [0.2, 0.25) is 10.0 Å². The number of hydrogen-bond donors (Lipinski definition) is 2. The molecule has 19 heavy (non-hydrogen) atoms. The first-order chi connectivity index (χ1) is 8.79. The van der Waals surface area contributed by atoms with Crippen LogP contribution in [0.2, 0.25) is 0 Å². The molecule has 1 aliphatic rings. The van der Waals surface area contributed by atoms with E-state index in [4.69, 9.17) is 9.63 Å². The van der Waals surface area contributed by atoms with Crippen LogP contribution >= 0.6 is 0 Å². The van der Waals surface area contributed by atoms with Gasteiger partial charge in [-0.15, -0.1) is 0 Å². The predicted molar refractivity (Wildman–Crippen MR) is 62.6 cm³/mol. The number of nitrogens with zero attached hydrogens (tertiary/aromatic N) is 2. The average Bonchev–Trinajstić information content (AvgIpc) is 2.85. The van der Waals surface area contributed by atoms with E-state index in [0.717, 1.165) is 4.31 Å². The highest BCUT2D eigenvalue weighted by Crippen LogP contribution is 2.24. The normalized spacial score (nSPS) is 24.7. The molecule has 106 valence electrons. The van der Waals surface area contributed by atoms with E-state index in [2.05, 4.69) is 5.16 Å². The molecule has 1 fully saturated rings. The van der Waals surface area contributed by atoms with Crippen LogP contribution in [0.15, 0.2) is 10.6 Å². The van der Waals surface area contributed by atoms with Gasteiger partial charge < -0.3 is 14.7 Å². The van der Waals surface area contributed by atoms with Gasteiger partial charge in [0.05, 0.1) is 6.10 Å². The summed E-state index contributed by atoms with van der Waals surface area (Å²) in [7, 11) is -3.86. The van der Waals surface area contributed by atoms with Crippen LogP contribution in [0.25, 0.3) is 0 Å². The molecule has 0 bridgehead atoms. The lowest BCUT2D eigenvalue weighted by Gasteiger charge is -2.19. The molecule has 2 atom stereocenters. The Kier molecular flexibility index (Phi) is 3.61. The molecular formula is C10H14N2O6S. The Labute approximate surface area is 109 Å². The first-order valence-corrected chi connectivity index (χ1v) is 7.23. The smallest absolute Gasteiger partial charge is 0.322 e. The summed E-state index contributed by atoms with van der Waals surface area (Å²) in [5.74, 6) is -1.24. The quantitative estimate of drug-likeness (QED) is 0.754. The number of carboxylic acids is 1. The largest absolute Gasteiger partial charge is 0.480 e. The number of carboxylic acid groups (broad SMARTS) is 1. The standard InChI is InChI=1S/C10H14N2O6S/c1-6-2-7(11-18-6)5-19(16,17)12-4-8(13)3-9(12)10(14)15/h2,8-9,13H,3-5H2,1H3,(H,14,15)/t8?,9-/m1/s1. The molecule has 2 N–H and O–H groups in total. The van der Waals surface area contributed by atoms with Crippen molar-refractivity contribution in [2.75, 3.05) is 6.54 Å². The Hall–Kier alpha value is -1.45. The molecule has 9 heteroatoms. The molecule has 1 unspecified atom stereocenters. The third kappa shape index (κ3) is 2.94. The fourth-order valence-corrected chi connectivity index (χ4v) is 3.71. The molecule has 0 spiro atoms. The maximum atomic E-state index is 12.1. The number of sulfonamides is 1. The molecule has 0 aliphatic carbocycles. The first kappa shape index (κ1) is 14.0. The van der Waals surface area contributed by atoms with Crippen LogP contribution in [0.4, 0.5) is 0 Å². The number of aliphatic hydroxyl groups is 1. The fourth-order valence-electron chi connectivity index (χ4n) is 2.07. The van der Waals surface area contributed by atoms with Gasteiger partial charge in [0.25, 0.3) is 0 Å². The van der Waals surface area contributed by atoms with Gasteiger partial charge in [0.15, 0.2) is 0 Å². The van der Waals surface area contributed by atoms with Crippen molar-refractivity contribution in [1.82, 2.24) is 9.46 Å². The van der Waals surface area contributed by atoms with Gasteiger partial charge in [-0.2, -0.15) is 4.31 Å².